The molecular weight excluding hydrogens is 358 g/mol. The average Bonchev–Trinajstić information content (AvgIpc) is 2.62. The smallest absolute Gasteiger partial charge is 0.387 e. The molecule has 8 heteroatoms. The van der Waals surface area contributed by atoms with E-state index in [9.17, 15) is 13.6 Å². The molecule has 0 radical (unpaired) electrons. The molecule has 1 aromatic rings. The molecule has 1 N–H and O–H groups in total. The molecule has 0 aliphatic carbocycles. The van der Waals surface area contributed by atoms with Crippen LogP contribution >= 0.6 is 0 Å². The lowest BCUT2D eigenvalue weighted by molar-refractivity contribution is -0.139. The minimum atomic E-state index is -2.89. The summed E-state index contributed by atoms with van der Waals surface area (Å²) in [6.07, 6.45) is 1.82. The Morgan fingerprint density at radius 3 is 2.56 bits per heavy atom. The SMILES string of the molecule is CCOc1cc(CN2CCC(N(CC)CC(=O)O)CC2)ccc1OC(F)F. The molecule has 1 aliphatic rings. The number of likely N-dealkylation sites (N-methyl/N-ethyl adjacent to an activating group) is 1. The summed E-state index contributed by atoms with van der Waals surface area (Å²) in [5.74, 6) is -0.431. The second-order valence-electron chi connectivity index (χ2n) is 6.56. The normalized spacial score (nSPS) is 16.1. The van der Waals surface area contributed by atoms with Crippen molar-refractivity contribution in [1.29, 1.82) is 0 Å². The minimum Gasteiger partial charge on any atom is -0.490 e. The number of carbonyl (C=O) groups is 1. The second-order valence-corrected chi connectivity index (χ2v) is 6.56. The number of aliphatic carboxylic acids is 1. The summed E-state index contributed by atoms with van der Waals surface area (Å²) < 4.78 is 34.9. The first-order valence-electron chi connectivity index (χ1n) is 9.31. The van der Waals surface area contributed by atoms with E-state index in [0.717, 1.165) is 38.0 Å². The van der Waals surface area contributed by atoms with E-state index in [1.54, 1.807) is 19.1 Å². The van der Waals surface area contributed by atoms with Gasteiger partial charge < -0.3 is 14.6 Å². The van der Waals surface area contributed by atoms with Crippen LogP contribution in [0.25, 0.3) is 0 Å². The van der Waals surface area contributed by atoms with Gasteiger partial charge in [-0.3, -0.25) is 14.6 Å². The van der Waals surface area contributed by atoms with Crippen LogP contribution in [-0.4, -0.2) is 66.3 Å². The average molecular weight is 386 g/mol. The van der Waals surface area contributed by atoms with Crippen LogP contribution in [0.5, 0.6) is 11.5 Å². The molecule has 1 fully saturated rings. The van der Waals surface area contributed by atoms with E-state index in [1.165, 1.54) is 6.07 Å². The van der Waals surface area contributed by atoms with Gasteiger partial charge in [0.25, 0.3) is 0 Å². The summed E-state index contributed by atoms with van der Waals surface area (Å²) in [7, 11) is 0. The molecule has 0 amide bonds. The largest absolute Gasteiger partial charge is 0.490 e. The predicted octanol–water partition coefficient (Wildman–Crippen LogP) is 3.06. The lowest BCUT2D eigenvalue weighted by Gasteiger charge is -2.37. The molecular formula is C19H28F2N2O4. The van der Waals surface area contributed by atoms with Crippen LogP contribution < -0.4 is 9.47 Å². The van der Waals surface area contributed by atoms with Crippen LogP contribution in [-0.2, 0) is 11.3 Å². The Morgan fingerprint density at radius 2 is 2.00 bits per heavy atom. The van der Waals surface area contributed by atoms with Gasteiger partial charge in [0.1, 0.15) is 0 Å². The van der Waals surface area contributed by atoms with Gasteiger partial charge in [0, 0.05) is 12.6 Å². The number of halogens is 2. The van der Waals surface area contributed by atoms with E-state index in [1.807, 2.05) is 11.8 Å². The summed E-state index contributed by atoms with van der Waals surface area (Å²) >= 11 is 0. The van der Waals surface area contributed by atoms with Crippen LogP contribution in [0, 0.1) is 0 Å². The zero-order valence-electron chi connectivity index (χ0n) is 15.9. The van der Waals surface area contributed by atoms with Crippen molar-refractivity contribution in [3.05, 3.63) is 23.8 Å². The maximum atomic E-state index is 12.5. The summed E-state index contributed by atoms with van der Waals surface area (Å²) in [6.45, 7) is 4.46. The van der Waals surface area contributed by atoms with Crippen molar-refractivity contribution >= 4 is 5.97 Å². The van der Waals surface area contributed by atoms with E-state index in [2.05, 4.69) is 9.64 Å². The van der Waals surface area contributed by atoms with Gasteiger partial charge in [-0.25, -0.2) is 0 Å². The van der Waals surface area contributed by atoms with Crippen molar-refractivity contribution in [3.63, 3.8) is 0 Å². The highest BCUT2D eigenvalue weighted by Crippen LogP contribution is 2.30. The molecule has 0 atom stereocenters. The Balaban J connectivity index is 1.94. The first-order chi connectivity index (χ1) is 12.9. The van der Waals surface area contributed by atoms with Crippen molar-refractivity contribution in [2.75, 3.05) is 32.8 Å². The van der Waals surface area contributed by atoms with Crippen molar-refractivity contribution in [1.82, 2.24) is 9.80 Å². The van der Waals surface area contributed by atoms with Gasteiger partial charge in [-0.15, -0.1) is 0 Å². The van der Waals surface area contributed by atoms with Gasteiger partial charge in [0.2, 0.25) is 0 Å². The second kappa shape index (κ2) is 10.4. The molecule has 1 saturated heterocycles. The van der Waals surface area contributed by atoms with E-state index in [0.29, 0.717) is 18.9 Å². The zero-order chi connectivity index (χ0) is 19.8. The monoisotopic (exact) mass is 386 g/mol. The van der Waals surface area contributed by atoms with Crippen molar-refractivity contribution in [2.45, 2.75) is 45.9 Å². The van der Waals surface area contributed by atoms with E-state index in [-0.39, 0.29) is 18.3 Å². The van der Waals surface area contributed by atoms with E-state index in [4.69, 9.17) is 9.84 Å². The van der Waals surface area contributed by atoms with Crippen LogP contribution in [0.2, 0.25) is 0 Å². The molecule has 1 aromatic carbocycles. The zero-order valence-corrected chi connectivity index (χ0v) is 15.9. The summed E-state index contributed by atoms with van der Waals surface area (Å²) in [5.41, 5.74) is 0.969. The molecule has 1 heterocycles. The van der Waals surface area contributed by atoms with Crippen LogP contribution in [0.1, 0.15) is 32.3 Å². The van der Waals surface area contributed by atoms with Crippen molar-refractivity contribution in [2.24, 2.45) is 0 Å². The van der Waals surface area contributed by atoms with Gasteiger partial charge in [0.15, 0.2) is 11.5 Å². The quantitative estimate of drug-likeness (QED) is 0.667. The minimum absolute atomic E-state index is 0.0431. The number of hydrogen-bond acceptors (Lipinski definition) is 5. The molecule has 6 nitrogen and oxygen atoms in total. The van der Waals surface area contributed by atoms with Gasteiger partial charge in [-0.2, -0.15) is 8.78 Å². The summed E-state index contributed by atoms with van der Waals surface area (Å²) in [6, 6.07) is 5.32. The number of likely N-dealkylation sites (tertiary alicyclic amines) is 1. The van der Waals surface area contributed by atoms with Crippen LogP contribution in [0.3, 0.4) is 0 Å². The molecule has 1 aliphatic heterocycles. The van der Waals surface area contributed by atoms with Gasteiger partial charge in [-0.1, -0.05) is 13.0 Å². The van der Waals surface area contributed by atoms with E-state index >= 15 is 0 Å². The fourth-order valence-electron chi connectivity index (χ4n) is 3.49. The fourth-order valence-corrected chi connectivity index (χ4v) is 3.49. The van der Waals surface area contributed by atoms with Gasteiger partial charge in [-0.05, 0) is 57.1 Å². The maximum absolute atomic E-state index is 12.5. The highest BCUT2D eigenvalue weighted by molar-refractivity contribution is 5.69. The number of piperidine rings is 1. The third-order valence-corrected chi connectivity index (χ3v) is 4.75. The Hall–Kier alpha value is -1.93. The summed E-state index contributed by atoms with van der Waals surface area (Å²) in [4.78, 5) is 15.3. The summed E-state index contributed by atoms with van der Waals surface area (Å²) in [5, 5.41) is 9.02. The van der Waals surface area contributed by atoms with Crippen molar-refractivity contribution < 1.29 is 28.2 Å². The Morgan fingerprint density at radius 1 is 1.30 bits per heavy atom. The topological polar surface area (TPSA) is 62.2 Å². The number of ether oxygens (including phenoxy) is 2. The number of nitrogens with zero attached hydrogens (tertiary/aromatic N) is 2. The standard InChI is InChI=1S/C19H28F2N2O4/c1-3-23(13-18(24)25)15-7-9-22(10-8-15)12-14-5-6-16(27-19(20)21)17(11-14)26-4-2/h5-6,11,15,19H,3-4,7-10,12-13H2,1-2H3,(H,24,25). The van der Waals surface area contributed by atoms with Crippen molar-refractivity contribution in [3.8, 4) is 11.5 Å². The highest BCUT2D eigenvalue weighted by atomic mass is 19.3. The molecule has 2 rings (SSSR count). The molecule has 152 valence electrons. The van der Waals surface area contributed by atoms with E-state index < -0.39 is 12.6 Å². The first kappa shape index (κ1) is 21.4. The van der Waals surface area contributed by atoms with Gasteiger partial charge in [0.05, 0.1) is 13.2 Å². The lowest BCUT2D eigenvalue weighted by Crippen LogP contribution is -2.46. The Labute approximate surface area is 158 Å². The van der Waals surface area contributed by atoms with Crippen LogP contribution in [0.4, 0.5) is 8.78 Å². The fraction of sp³-hybridized carbons (Fsp3) is 0.632. The Kier molecular flexibility index (Phi) is 8.24. The molecule has 0 unspecified atom stereocenters. The molecule has 0 spiro atoms. The highest BCUT2D eigenvalue weighted by Gasteiger charge is 2.25. The third-order valence-electron chi connectivity index (χ3n) is 4.75. The molecule has 0 aromatic heterocycles. The molecule has 0 bridgehead atoms. The first-order valence-corrected chi connectivity index (χ1v) is 9.31. The third kappa shape index (κ3) is 6.62. The Bertz CT molecular complexity index is 607. The maximum Gasteiger partial charge on any atom is 0.387 e. The number of benzene rings is 1. The number of rotatable bonds is 10. The number of carboxylic acids is 1. The predicted molar refractivity (Wildman–Crippen MR) is 97.4 cm³/mol. The molecule has 0 saturated carbocycles. The number of carboxylic acid groups (broad SMARTS) is 1. The van der Waals surface area contributed by atoms with Gasteiger partial charge >= 0.3 is 12.6 Å². The van der Waals surface area contributed by atoms with Crippen LogP contribution in [0.15, 0.2) is 18.2 Å². The number of alkyl halides is 2. The number of hydrogen-bond donors (Lipinski definition) is 1. The molecule has 27 heavy (non-hydrogen) atoms. The lowest BCUT2D eigenvalue weighted by atomic mass is 10.0.